The summed E-state index contributed by atoms with van der Waals surface area (Å²) in [6.45, 7) is 5.05. The number of unbranched alkanes of at least 4 members (excludes halogenated alkanes) is 1. The number of fused-ring (bicyclic) bond motifs is 2. The summed E-state index contributed by atoms with van der Waals surface area (Å²) in [5.74, 6) is 0.938. The van der Waals surface area contributed by atoms with Crippen LogP contribution in [0.25, 0.3) is 0 Å². The second-order valence-corrected chi connectivity index (χ2v) is 9.89. The normalized spacial score (nSPS) is 19.6. The van der Waals surface area contributed by atoms with Crippen molar-refractivity contribution >= 4 is 39.5 Å². The molecule has 0 saturated heterocycles. The molecule has 0 fully saturated rings. The predicted octanol–water partition coefficient (Wildman–Crippen LogP) is 5.77. The summed E-state index contributed by atoms with van der Waals surface area (Å²) in [5.41, 5.74) is 5.39. The first-order valence-electron chi connectivity index (χ1n) is 11.1. The van der Waals surface area contributed by atoms with E-state index in [1.165, 1.54) is 35.4 Å². The molecule has 0 saturated carbocycles. The van der Waals surface area contributed by atoms with Crippen LogP contribution in [0.3, 0.4) is 0 Å². The number of benzene rings is 2. The van der Waals surface area contributed by atoms with Crippen LogP contribution in [0.1, 0.15) is 30.9 Å². The average Bonchev–Trinajstić information content (AvgIpc) is 3.37. The number of anilines is 1. The van der Waals surface area contributed by atoms with Crippen molar-refractivity contribution in [1.82, 2.24) is 4.90 Å². The van der Waals surface area contributed by atoms with Gasteiger partial charge in [-0.05, 0) is 35.4 Å². The Kier molecular flexibility index (Phi) is 6.37. The molecule has 1 unspecified atom stereocenters. The predicted molar refractivity (Wildman–Crippen MR) is 136 cm³/mol. The van der Waals surface area contributed by atoms with Gasteiger partial charge in [0.2, 0.25) is 0 Å². The van der Waals surface area contributed by atoms with Crippen molar-refractivity contribution < 1.29 is 0 Å². The van der Waals surface area contributed by atoms with Gasteiger partial charge in [0, 0.05) is 30.2 Å². The summed E-state index contributed by atoms with van der Waals surface area (Å²) in [6.07, 6.45) is 3.38. The molecule has 0 amide bonds. The highest BCUT2D eigenvalue weighted by Gasteiger charge is 2.32. The number of hydrogen-bond donors (Lipinski definition) is 0. The zero-order chi connectivity index (χ0) is 21.0. The minimum atomic E-state index is 0.346. The molecular weight excluding hydrogens is 420 g/mol. The van der Waals surface area contributed by atoms with Crippen molar-refractivity contribution in [3.05, 3.63) is 76.8 Å². The fraction of sp³-hybridized carbons (Fsp3) is 0.360. The third kappa shape index (κ3) is 4.55. The number of amidine groups is 2. The maximum absolute atomic E-state index is 4.98. The van der Waals surface area contributed by atoms with Crippen molar-refractivity contribution in [2.45, 2.75) is 38.8 Å². The molecule has 6 heteroatoms. The van der Waals surface area contributed by atoms with Crippen LogP contribution in [0.2, 0.25) is 0 Å². The zero-order valence-electron chi connectivity index (χ0n) is 17.9. The van der Waals surface area contributed by atoms with Gasteiger partial charge in [-0.3, -0.25) is 9.98 Å². The quantitative estimate of drug-likeness (QED) is 0.538. The lowest BCUT2D eigenvalue weighted by Crippen LogP contribution is -2.34. The van der Waals surface area contributed by atoms with Gasteiger partial charge in [0.05, 0.1) is 12.6 Å². The number of thioether (sulfide) groups is 2. The molecule has 0 N–H and O–H groups in total. The molecule has 0 aromatic heterocycles. The summed E-state index contributed by atoms with van der Waals surface area (Å²) < 4.78 is 0. The lowest BCUT2D eigenvalue weighted by molar-refractivity contribution is 0.512. The smallest absolute Gasteiger partial charge is 0.168 e. The average molecular weight is 449 g/mol. The first kappa shape index (κ1) is 20.7. The molecule has 2 aromatic rings. The lowest BCUT2D eigenvalue weighted by atomic mass is 10.1. The van der Waals surface area contributed by atoms with E-state index >= 15 is 0 Å². The number of para-hydroxylation sites is 1. The highest BCUT2D eigenvalue weighted by atomic mass is 32.2. The maximum atomic E-state index is 4.98. The Labute approximate surface area is 193 Å². The fourth-order valence-corrected chi connectivity index (χ4v) is 6.33. The highest BCUT2D eigenvalue weighted by Crippen LogP contribution is 2.36. The van der Waals surface area contributed by atoms with Crippen LogP contribution >= 0.6 is 23.5 Å². The SMILES string of the molecule is CCCCN1C(SCC2=CSC3=NC(Cc4ccccc4)CN23)=NCc2ccccc21. The standard InChI is InChI=1S/C25H28N4S2/c1-2-3-13-28-23-12-8-7-11-20(23)15-26-24(28)30-17-22-18-31-25-27-21(16-29(22)25)14-19-9-5-4-6-10-19/h4-12,18,21H,2-3,13-17H2,1H3. The Morgan fingerprint density at radius 3 is 2.81 bits per heavy atom. The second kappa shape index (κ2) is 9.53. The Morgan fingerprint density at radius 1 is 1.10 bits per heavy atom. The number of aliphatic imine (C=N–C) groups is 2. The molecule has 5 rings (SSSR count). The number of rotatable bonds is 7. The molecule has 0 spiro atoms. The Bertz CT molecular complexity index is 1020. The van der Waals surface area contributed by atoms with E-state index in [0.717, 1.165) is 42.1 Å². The van der Waals surface area contributed by atoms with Crippen LogP contribution in [0.4, 0.5) is 5.69 Å². The summed E-state index contributed by atoms with van der Waals surface area (Å²) in [4.78, 5) is 14.8. The fourth-order valence-electron chi connectivity index (χ4n) is 4.23. The van der Waals surface area contributed by atoms with E-state index in [1.54, 1.807) is 11.8 Å². The molecule has 31 heavy (non-hydrogen) atoms. The molecule has 1 atom stereocenters. The van der Waals surface area contributed by atoms with E-state index in [-0.39, 0.29) is 0 Å². The van der Waals surface area contributed by atoms with Crippen molar-refractivity contribution in [3.63, 3.8) is 0 Å². The van der Waals surface area contributed by atoms with Gasteiger partial charge in [0.15, 0.2) is 10.3 Å². The van der Waals surface area contributed by atoms with E-state index in [0.29, 0.717) is 6.04 Å². The van der Waals surface area contributed by atoms with Crippen LogP contribution in [-0.2, 0) is 13.0 Å². The van der Waals surface area contributed by atoms with Gasteiger partial charge in [0.25, 0.3) is 0 Å². The molecule has 160 valence electrons. The maximum Gasteiger partial charge on any atom is 0.168 e. The van der Waals surface area contributed by atoms with Crippen LogP contribution in [-0.4, -0.2) is 40.1 Å². The van der Waals surface area contributed by atoms with Gasteiger partial charge in [0.1, 0.15) is 0 Å². The lowest BCUT2D eigenvalue weighted by Gasteiger charge is -2.31. The molecule has 0 aliphatic carbocycles. The molecule has 2 aromatic carbocycles. The van der Waals surface area contributed by atoms with Crippen molar-refractivity contribution in [2.24, 2.45) is 9.98 Å². The number of hydrogen-bond acceptors (Lipinski definition) is 6. The summed E-state index contributed by atoms with van der Waals surface area (Å²) >= 11 is 3.64. The minimum absolute atomic E-state index is 0.346. The van der Waals surface area contributed by atoms with Crippen molar-refractivity contribution in [2.75, 3.05) is 23.7 Å². The van der Waals surface area contributed by atoms with E-state index in [1.807, 2.05) is 11.8 Å². The van der Waals surface area contributed by atoms with Crippen molar-refractivity contribution in [1.29, 1.82) is 0 Å². The summed E-state index contributed by atoms with van der Waals surface area (Å²) in [7, 11) is 0. The highest BCUT2D eigenvalue weighted by molar-refractivity contribution is 8.17. The number of nitrogens with zero attached hydrogens (tertiary/aromatic N) is 4. The molecule has 0 bridgehead atoms. The Balaban J connectivity index is 1.22. The van der Waals surface area contributed by atoms with Gasteiger partial charge in [-0.2, -0.15) is 0 Å². The van der Waals surface area contributed by atoms with E-state index < -0.39 is 0 Å². The molecule has 4 nitrogen and oxygen atoms in total. The molecule has 3 aliphatic rings. The van der Waals surface area contributed by atoms with Crippen LogP contribution < -0.4 is 4.90 Å². The molecule has 3 aliphatic heterocycles. The third-order valence-corrected chi connectivity index (χ3v) is 7.84. The third-order valence-electron chi connectivity index (χ3n) is 5.86. The van der Waals surface area contributed by atoms with Gasteiger partial charge in [-0.25, -0.2) is 0 Å². The minimum Gasteiger partial charge on any atom is -0.321 e. The van der Waals surface area contributed by atoms with Crippen LogP contribution in [0, 0.1) is 0 Å². The van der Waals surface area contributed by atoms with E-state index in [9.17, 15) is 0 Å². The summed E-state index contributed by atoms with van der Waals surface area (Å²) in [5, 5.41) is 4.59. The summed E-state index contributed by atoms with van der Waals surface area (Å²) in [6, 6.07) is 19.8. The molecular formula is C25H28N4S2. The zero-order valence-corrected chi connectivity index (χ0v) is 19.5. The monoisotopic (exact) mass is 448 g/mol. The van der Waals surface area contributed by atoms with Gasteiger partial charge < -0.3 is 9.80 Å². The molecule has 0 radical (unpaired) electrons. The Morgan fingerprint density at radius 2 is 1.94 bits per heavy atom. The first-order valence-corrected chi connectivity index (χ1v) is 13.0. The van der Waals surface area contributed by atoms with E-state index in [4.69, 9.17) is 9.98 Å². The van der Waals surface area contributed by atoms with Crippen LogP contribution in [0.15, 0.2) is 75.7 Å². The van der Waals surface area contributed by atoms with Gasteiger partial charge in [-0.15, -0.1) is 0 Å². The largest absolute Gasteiger partial charge is 0.321 e. The second-order valence-electron chi connectivity index (χ2n) is 8.11. The van der Waals surface area contributed by atoms with Crippen LogP contribution in [0.5, 0.6) is 0 Å². The molecule has 3 heterocycles. The van der Waals surface area contributed by atoms with E-state index in [2.05, 4.69) is 76.7 Å². The van der Waals surface area contributed by atoms with Gasteiger partial charge >= 0.3 is 0 Å². The van der Waals surface area contributed by atoms with Crippen molar-refractivity contribution in [3.8, 4) is 0 Å². The first-order chi connectivity index (χ1) is 15.3. The topological polar surface area (TPSA) is 31.2 Å². The van der Waals surface area contributed by atoms with Gasteiger partial charge in [-0.1, -0.05) is 85.4 Å². The Hall–Kier alpha value is -2.18.